The number of aromatic nitrogens is 1. The molecule has 0 atom stereocenters. The summed E-state index contributed by atoms with van der Waals surface area (Å²) in [6, 6.07) is 8.21. The SMILES string of the molecule is CN(C)C(=O)CCc1cccc2[nH]ccc12. The molecule has 16 heavy (non-hydrogen) atoms. The van der Waals surface area contributed by atoms with Gasteiger partial charge in [-0.1, -0.05) is 12.1 Å². The Labute approximate surface area is 95.1 Å². The van der Waals surface area contributed by atoms with E-state index in [9.17, 15) is 4.79 Å². The number of nitrogens with one attached hydrogen (secondary N) is 1. The number of carbonyl (C=O) groups excluding carboxylic acids is 1. The van der Waals surface area contributed by atoms with Crippen molar-refractivity contribution in [3.63, 3.8) is 0 Å². The maximum absolute atomic E-state index is 11.5. The van der Waals surface area contributed by atoms with Gasteiger partial charge in [-0.15, -0.1) is 0 Å². The van der Waals surface area contributed by atoms with E-state index in [4.69, 9.17) is 0 Å². The molecule has 1 amide bonds. The first-order valence-electron chi connectivity index (χ1n) is 5.43. The van der Waals surface area contributed by atoms with Crippen molar-refractivity contribution in [2.45, 2.75) is 12.8 Å². The van der Waals surface area contributed by atoms with E-state index in [1.54, 1.807) is 19.0 Å². The number of fused-ring (bicyclic) bond motifs is 1. The fourth-order valence-corrected chi connectivity index (χ4v) is 1.83. The first-order valence-corrected chi connectivity index (χ1v) is 5.43. The van der Waals surface area contributed by atoms with Crippen LogP contribution in [0.2, 0.25) is 0 Å². The highest BCUT2D eigenvalue weighted by atomic mass is 16.2. The molecule has 84 valence electrons. The third-order valence-electron chi connectivity index (χ3n) is 2.79. The molecular weight excluding hydrogens is 200 g/mol. The van der Waals surface area contributed by atoms with Crippen molar-refractivity contribution >= 4 is 16.8 Å². The van der Waals surface area contributed by atoms with E-state index in [1.165, 1.54) is 10.9 Å². The van der Waals surface area contributed by atoms with Gasteiger partial charge in [0.05, 0.1) is 0 Å². The van der Waals surface area contributed by atoms with Crippen molar-refractivity contribution < 1.29 is 4.79 Å². The van der Waals surface area contributed by atoms with E-state index in [2.05, 4.69) is 17.1 Å². The van der Waals surface area contributed by atoms with Crippen LogP contribution in [-0.4, -0.2) is 29.9 Å². The number of rotatable bonds is 3. The highest BCUT2D eigenvalue weighted by Crippen LogP contribution is 2.18. The Morgan fingerprint density at radius 3 is 2.88 bits per heavy atom. The molecule has 0 aliphatic carbocycles. The number of aryl methyl sites for hydroxylation is 1. The summed E-state index contributed by atoms with van der Waals surface area (Å²) in [6.45, 7) is 0. The zero-order valence-electron chi connectivity index (χ0n) is 9.66. The fraction of sp³-hybridized carbons (Fsp3) is 0.308. The lowest BCUT2D eigenvalue weighted by Crippen LogP contribution is -2.21. The fourth-order valence-electron chi connectivity index (χ4n) is 1.83. The number of hydrogen-bond donors (Lipinski definition) is 1. The molecular formula is C13H16N2O. The smallest absolute Gasteiger partial charge is 0.222 e. The van der Waals surface area contributed by atoms with Gasteiger partial charge in [-0.05, 0) is 24.1 Å². The van der Waals surface area contributed by atoms with Gasteiger partial charge in [0.25, 0.3) is 0 Å². The van der Waals surface area contributed by atoms with Crippen LogP contribution in [0, 0.1) is 0 Å². The third kappa shape index (κ3) is 2.08. The average Bonchev–Trinajstić information content (AvgIpc) is 2.73. The van der Waals surface area contributed by atoms with Crippen molar-refractivity contribution in [2.75, 3.05) is 14.1 Å². The van der Waals surface area contributed by atoms with Crippen LogP contribution >= 0.6 is 0 Å². The molecule has 2 rings (SSSR count). The van der Waals surface area contributed by atoms with E-state index in [0.29, 0.717) is 6.42 Å². The summed E-state index contributed by atoms with van der Waals surface area (Å²) >= 11 is 0. The van der Waals surface area contributed by atoms with Crippen LogP contribution in [0.4, 0.5) is 0 Å². The summed E-state index contributed by atoms with van der Waals surface area (Å²) in [5.41, 5.74) is 2.36. The summed E-state index contributed by atoms with van der Waals surface area (Å²) in [7, 11) is 3.58. The van der Waals surface area contributed by atoms with Crippen LogP contribution < -0.4 is 0 Å². The number of hydrogen-bond acceptors (Lipinski definition) is 1. The molecule has 0 bridgehead atoms. The monoisotopic (exact) mass is 216 g/mol. The van der Waals surface area contributed by atoms with Gasteiger partial charge in [0.2, 0.25) is 5.91 Å². The van der Waals surface area contributed by atoms with Crippen LogP contribution in [0.5, 0.6) is 0 Å². The first kappa shape index (κ1) is 10.7. The summed E-state index contributed by atoms with van der Waals surface area (Å²) in [6.07, 6.45) is 3.30. The highest BCUT2D eigenvalue weighted by Gasteiger charge is 2.06. The van der Waals surface area contributed by atoms with Gasteiger partial charge in [-0.25, -0.2) is 0 Å². The highest BCUT2D eigenvalue weighted by molar-refractivity contribution is 5.84. The zero-order valence-corrected chi connectivity index (χ0v) is 9.66. The minimum absolute atomic E-state index is 0.174. The Morgan fingerprint density at radius 2 is 2.12 bits per heavy atom. The van der Waals surface area contributed by atoms with Gasteiger partial charge in [-0.2, -0.15) is 0 Å². The first-order chi connectivity index (χ1) is 7.68. The molecule has 1 N–H and O–H groups in total. The Morgan fingerprint density at radius 1 is 1.31 bits per heavy atom. The van der Waals surface area contributed by atoms with Crippen molar-refractivity contribution in [1.82, 2.24) is 9.88 Å². The minimum atomic E-state index is 0.174. The second-order valence-electron chi connectivity index (χ2n) is 4.14. The lowest BCUT2D eigenvalue weighted by Gasteiger charge is -2.10. The maximum Gasteiger partial charge on any atom is 0.222 e. The molecule has 1 heterocycles. The maximum atomic E-state index is 11.5. The quantitative estimate of drug-likeness (QED) is 0.838. The minimum Gasteiger partial charge on any atom is -0.361 e. The van der Waals surface area contributed by atoms with Crippen molar-refractivity contribution in [3.8, 4) is 0 Å². The topological polar surface area (TPSA) is 36.1 Å². The van der Waals surface area contributed by atoms with E-state index < -0.39 is 0 Å². The predicted octanol–water partition coefficient (Wildman–Crippen LogP) is 2.19. The molecule has 0 saturated carbocycles. The number of aromatic amines is 1. The molecule has 0 fully saturated rings. The lowest BCUT2D eigenvalue weighted by atomic mass is 10.1. The second kappa shape index (κ2) is 4.39. The normalized spacial score (nSPS) is 10.6. The largest absolute Gasteiger partial charge is 0.361 e. The number of nitrogens with zero attached hydrogens (tertiary/aromatic N) is 1. The molecule has 0 saturated heterocycles. The second-order valence-corrected chi connectivity index (χ2v) is 4.14. The van der Waals surface area contributed by atoms with E-state index in [1.807, 2.05) is 18.3 Å². The Hall–Kier alpha value is -1.77. The molecule has 1 aromatic heterocycles. The van der Waals surface area contributed by atoms with Crippen molar-refractivity contribution in [1.29, 1.82) is 0 Å². The molecule has 0 spiro atoms. The third-order valence-corrected chi connectivity index (χ3v) is 2.79. The van der Waals surface area contributed by atoms with Crippen molar-refractivity contribution in [2.24, 2.45) is 0 Å². The molecule has 0 unspecified atom stereocenters. The molecule has 2 aromatic rings. The number of benzene rings is 1. The van der Waals surface area contributed by atoms with E-state index >= 15 is 0 Å². The summed E-state index contributed by atoms with van der Waals surface area (Å²) in [5.74, 6) is 0.174. The van der Waals surface area contributed by atoms with Crippen LogP contribution in [0.1, 0.15) is 12.0 Å². The summed E-state index contributed by atoms with van der Waals surface area (Å²) in [4.78, 5) is 16.3. The average molecular weight is 216 g/mol. The molecule has 0 aliphatic rings. The number of carbonyl (C=O) groups is 1. The molecule has 1 aromatic carbocycles. The lowest BCUT2D eigenvalue weighted by molar-refractivity contribution is -0.128. The van der Waals surface area contributed by atoms with Gasteiger partial charge in [0, 0.05) is 37.6 Å². The summed E-state index contributed by atoms with van der Waals surface area (Å²) in [5, 5.41) is 1.22. The van der Waals surface area contributed by atoms with Crippen LogP contribution in [0.3, 0.4) is 0 Å². The van der Waals surface area contributed by atoms with Gasteiger partial charge >= 0.3 is 0 Å². The van der Waals surface area contributed by atoms with Gasteiger partial charge < -0.3 is 9.88 Å². The molecule has 3 nitrogen and oxygen atoms in total. The van der Waals surface area contributed by atoms with E-state index in [-0.39, 0.29) is 5.91 Å². The van der Waals surface area contributed by atoms with Gasteiger partial charge in [0.15, 0.2) is 0 Å². The van der Waals surface area contributed by atoms with Crippen molar-refractivity contribution in [3.05, 3.63) is 36.0 Å². The van der Waals surface area contributed by atoms with Crippen LogP contribution in [0.25, 0.3) is 10.9 Å². The van der Waals surface area contributed by atoms with Crippen LogP contribution in [0.15, 0.2) is 30.5 Å². The van der Waals surface area contributed by atoms with Gasteiger partial charge in [-0.3, -0.25) is 4.79 Å². The predicted molar refractivity (Wildman–Crippen MR) is 65.3 cm³/mol. The standard InChI is InChI=1S/C13H16N2O/c1-15(2)13(16)7-6-10-4-3-5-12-11(10)8-9-14-12/h3-5,8-9,14H,6-7H2,1-2H3. The van der Waals surface area contributed by atoms with E-state index in [0.717, 1.165) is 11.9 Å². The number of H-pyrrole nitrogens is 1. The zero-order chi connectivity index (χ0) is 11.5. The van der Waals surface area contributed by atoms with Crippen LogP contribution in [-0.2, 0) is 11.2 Å². The number of amides is 1. The Bertz CT molecular complexity index is 499. The molecule has 3 heteroatoms. The molecule has 0 radical (unpaired) electrons. The Balaban J connectivity index is 2.15. The molecule has 0 aliphatic heterocycles. The Kier molecular flexibility index (Phi) is 2.95. The van der Waals surface area contributed by atoms with Gasteiger partial charge in [0.1, 0.15) is 0 Å². The summed E-state index contributed by atoms with van der Waals surface area (Å²) < 4.78 is 0.